The second-order valence-electron chi connectivity index (χ2n) is 8.90. The molecule has 6 nitrogen and oxygen atoms in total. The van der Waals surface area contributed by atoms with Crippen molar-refractivity contribution in [3.8, 4) is 0 Å². The van der Waals surface area contributed by atoms with Crippen LogP contribution >= 0.6 is 24.0 Å². The molecular formula is C22H35IN4O2. The normalized spacial score (nSPS) is 24.2. The van der Waals surface area contributed by atoms with Gasteiger partial charge in [0.1, 0.15) is 0 Å². The SMILES string of the molecule is CN=C(NCc1ccc(C(=O)N2CC(C)OC(C)C2)cc1)N1CCC(C)(C)C1.I. The quantitative estimate of drug-likeness (QED) is 0.382. The van der Waals surface area contributed by atoms with Gasteiger partial charge in [-0.2, -0.15) is 0 Å². The minimum atomic E-state index is 0. The van der Waals surface area contributed by atoms with E-state index in [1.165, 1.54) is 6.42 Å². The third kappa shape index (κ3) is 6.31. The van der Waals surface area contributed by atoms with Gasteiger partial charge in [-0.15, -0.1) is 24.0 Å². The fourth-order valence-corrected chi connectivity index (χ4v) is 4.10. The fraction of sp³-hybridized carbons (Fsp3) is 0.636. The summed E-state index contributed by atoms with van der Waals surface area (Å²) in [4.78, 5) is 21.4. The van der Waals surface area contributed by atoms with Gasteiger partial charge in [0.25, 0.3) is 5.91 Å². The monoisotopic (exact) mass is 514 g/mol. The van der Waals surface area contributed by atoms with Gasteiger partial charge in [0.05, 0.1) is 12.2 Å². The molecule has 2 saturated heterocycles. The van der Waals surface area contributed by atoms with Crippen molar-refractivity contribution >= 4 is 35.8 Å². The largest absolute Gasteiger partial charge is 0.372 e. The highest BCUT2D eigenvalue weighted by Gasteiger charge is 2.31. The van der Waals surface area contributed by atoms with Crippen LogP contribution in [0.2, 0.25) is 0 Å². The molecular weight excluding hydrogens is 479 g/mol. The molecule has 2 unspecified atom stereocenters. The number of benzene rings is 1. The molecule has 0 radical (unpaired) electrons. The lowest BCUT2D eigenvalue weighted by molar-refractivity contribution is -0.0586. The van der Waals surface area contributed by atoms with Crippen molar-refractivity contribution in [3.05, 3.63) is 35.4 Å². The molecule has 1 N–H and O–H groups in total. The molecule has 0 aromatic heterocycles. The van der Waals surface area contributed by atoms with E-state index in [1.807, 2.05) is 50.1 Å². The molecule has 7 heteroatoms. The average Bonchev–Trinajstić information content (AvgIpc) is 3.01. The number of rotatable bonds is 3. The Kier molecular flexibility index (Phi) is 8.34. The Morgan fingerprint density at radius 2 is 1.79 bits per heavy atom. The molecule has 1 amide bonds. The zero-order valence-electron chi connectivity index (χ0n) is 18.3. The third-order valence-electron chi connectivity index (χ3n) is 5.55. The van der Waals surface area contributed by atoms with Gasteiger partial charge in [-0.3, -0.25) is 9.79 Å². The summed E-state index contributed by atoms with van der Waals surface area (Å²) in [7, 11) is 1.83. The van der Waals surface area contributed by atoms with E-state index < -0.39 is 0 Å². The van der Waals surface area contributed by atoms with Crippen molar-refractivity contribution in [2.45, 2.75) is 52.9 Å². The first-order valence-electron chi connectivity index (χ1n) is 10.3. The van der Waals surface area contributed by atoms with Crippen LogP contribution in [0.15, 0.2) is 29.3 Å². The highest BCUT2D eigenvalue weighted by molar-refractivity contribution is 14.0. The van der Waals surface area contributed by atoms with E-state index >= 15 is 0 Å². The van der Waals surface area contributed by atoms with Gasteiger partial charge in [-0.1, -0.05) is 26.0 Å². The van der Waals surface area contributed by atoms with Gasteiger partial charge in [0, 0.05) is 45.3 Å². The molecule has 2 fully saturated rings. The van der Waals surface area contributed by atoms with Gasteiger partial charge in [-0.25, -0.2) is 0 Å². The molecule has 0 spiro atoms. The van der Waals surface area contributed by atoms with Gasteiger partial charge >= 0.3 is 0 Å². The maximum Gasteiger partial charge on any atom is 0.254 e. The molecule has 29 heavy (non-hydrogen) atoms. The van der Waals surface area contributed by atoms with Crippen molar-refractivity contribution < 1.29 is 9.53 Å². The summed E-state index contributed by atoms with van der Waals surface area (Å²) in [6.07, 6.45) is 1.35. The van der Waals surface area contributed by atoms with Crippen LogP contribution in [0.3, 0.4) is 0 Å². The van der Waals surface area contributed by atoms with Crippen LogP contribution < -0.4 is 5.32 Å². The summed E-state index contributed by atoms with van der Waals surface area (Å²) in [5.74, 6) is 1.03. The Balaban J connectivity index is 0.00000300. The lowest BCUT2D eigenvalue weighted by Gasteiger charge is -2.35. The van der Waals surface area contributed by atoms with E-state index in [1.54, 1.807) is 0 Å². The van der Waals surface area contributed by atoms with Crippen LogP contribution in [0.25, 0.3) is 0 Å². The molecule has 2 aliphatic heterocycles. The molecule has 1 aromatic rings. The molecule has 0 aliphatic carbocycles. The number of nitrogens with zero attached hydrogens (tertiary/aromatic N) is 3. The summed E-state index contributed by atoms with van der Waals surface area (Å²) in [5, 5.41) is 3.45. The molecule has 2 aliphatic rings. The van der Waals surface area contributed by atoms with E-state index in [4.69, 9.17) is 4.74 Å². The van der Waals surface area contributed by atoms with Crippen LogP contribution in [0.1, 0.15) is 50.0 Å². The van der Waals surface area contributed by atoms with Gasteiger partial charge in [0.2, 0.25) is 0 Å². The van der Waals surface area contributed by atoms with Gasteiger partial charge in [-0.05, 0) is 43.4 Å². The standard InChI is InChI=1S/C22H34N4O2.HI/c1-16-13-26(14-17(2)28-16)20(27)19-8-6-18(7-9-19)12-24-21(23-5)25-11-10-22(3,4)15-25;/h6-9,16-17H,10-15H2,1-5H3,(H,23,24);1H. The summed E-state index contributed by atoms with van der Waals surface area (Å²) in [6, 6.07) is 7.89. The zero-order valence-corrected chi connectivity index (χ0v) is 20.6. The van der Waals surface area contributed by atoms with Crippen LogP contribution in [0.4, 0.5) is 0 Å². The average molecular weight is 514 g/mol. The predicted molar refractivity (Wildman–Crippen MR) is 128 cm³/mol. The number of halogens is 1. The molecule has 2 atom stereocenters. The first-order chi connectivity index (χ1) is 13.3. The minimum Gasteiger partial charge on any atom is -0.372 e. The molecule has 162 valence electrons. The minimum absolute atomic E-state index is 0. The fourth-order valence-electron chi connectivity index (χ4n) is 4.10. The van der Waals surface area contributed by atoms with Gasteiger partial charge in [0.15, 0.2) is 5.96 Å². The number of morpholine rings is 1. The first kappa shape index (κ1) is 23.9. The number of guanidine groups is 1. The Morgan fingerprint density at radius 3 is 2.31 bits per heavy atom. The van der Waals surface area contributed by atoms with Crippen molar-refractivity contribution in [1.82, 2.24) is 15.1 Å². The second-order valence-corrected chi connectivity index (χ2v) is 8.90. The van der Waals surface area contributed by atoms with Crippen molar-refractivity contribution in [2.75, 3.05) is 33.2 Å². The first-order valence-corrected chi connectivity index (χ1v) is 10.3. The predicted octanol–water partition coefficient (Wildman–Crippen LogP) is 3.36. The third-order valence-corrected chi connectivity index (χ3v) is 5.55. The Morgan fingerprint density at radius 1 is 1.17 bits per heavy atom. The highest BCUT2D eigenvalue weighted by Crippen LogP contribution is 2.28. The van der Waals surface area contributed by atoms with E-state index in [0.717, 1.165) is 30.2 Å². The molecule has 0 saturated carbocycles. The number of nitrogens with one attached hydrogen (secondary N) is 1. The molecule has 0 bridgehead atoms. The Hall–Kier alpha value is -1.35. The Bertz CT molecular complexity index is 710. The van der Waals surface area contributed by atoms with E-state index in [-0.39, 0.29) is 42.1 Å². The van der Waals surface area contributed by atoms with Crippen molar-refractivity contribution in [3.63, 3.8) is 0 Å². The highest BCUT2D eigenvalue weighted by atomic mass is 127. The van der Waals surface area contributed by atoms with E-state index in [0.29, 0.717) is 25.0 Å². The number of ether oxygens (including phenoxy) is 1. The Labute approximate surface area is 192 Å². The summed E-state index contributed by atoms with van der Waals surface area (Å²) >= 11 is 0. The summed E-state index contributed by atoms with van der Waals surface area (Å²) in [5.41, 5.74) is 2.21. The van der Waals surface area contributed by atoms with Crippen molar-refractivity contribution in [1.29, 1.82) is 0 Å². The van der Waals surface area contributed by atoms with Crippen LogP contribution in [0, 0.1) is 5.41 Å². The number of carbonyl (C=O) groups is 1. The number of amides is 1. The zero-order chi connectivity index (χ0) is 20.3. The van der Waals surface area contributed by atoms with E-state index in [9.17, 15) is 4.79 Å². The maximum absolute atomic E-state index is 12.8. The van der Waals surface area contributed by atoms with Crippen LogP contribution in [-0.2, 0) is 11.3 Å². The number of hydrogen-bond donors (Lipinski definition) is 1. The van der Waals surface area contributed by atoms with Crippen LogP contribution in [0.5, 0.6) is 0 Å². The lowest BCUT2D eigenvalue weighted by atomic mass is 9.93. The number of aliphatic imine (C=N–C) groups is 1. The molecule has 3 rings (SSSR count). The summed E-state index contributed by atoms with van der Waals surface area (Å²) < 4.78 is 5.72. The molecule has 2 heterocycles. The molecule has 1 aromatic carbocycles. The van der Waals surface area contributed by atoms with E-state index in [2.05, 4.69) is 29.1 Å². The summed E-state index contributed by atoms with van der Waals surface area (Å²) in [6.45, 7) is 12.7. The van der Waals surface area contributed by atoms with Gasteiger partial charge < -0.3 is 19.9 Å². The number of carbonyl (C=O) groups excluding carboxylic acids is 1. The lowest BCUT2D eigenvalue weighted by Crippen LogP contribution is -2.48. The van der Waals surface area contributed by atoms with Crippen LogP contribution in [-0.4, -0.2) is 67.1 Å². The smallest absolute Gasteiger partial charge is 0.254 e. The number of likely N-dealkylation sites (tertiary alicyclic amines) is 1. The second kappa shape index (κ2) is 10.1. The topological polar surface area (TPSA) is 57.2 Å². The number of hydrogen-bond acceptors (Lipinski definition) is 3. The van der Waals surface area contributed by atoms with Crippen molar-refractivity contribution in [2.24, 2.45) is 10.4 Å². The maximum atomic E-state index is 12.8.